The van der Waals surface area contributed by atoms with Gasteiger partial charge in [0.1, 0.15) is 33.5 Å². The van der Waals surface area contributed by atoms with Gasteiger partial charge in [-0.2, -0.15) is 8.78 Å². The summed E-state index contributed by atoms with van der Waals surface area (Å²) in [5, 5.41) is 19.8. The molecular formula is C29H34F2N8O4S. The Kier molecular flexibility index (Phi) is 9.89. The molecule has 12 nitrogen and oxygen atoms in total. The zero-order valence-electron chi connectivity index (χ0n) is 25.0. The van der Waals surface area contributed by atoms with Crippen LogP contribution < -0.4 is 21.4 Å². The van der Waals surface area contributed by atoms with E-state index in [-0.39, 0.29) is 27.6 Å². The fraction of sp³-hybridized carbons (Fsp3) is 0.379. The largest absolute Gasteiger partial charge is 0.477 e. The number of hydrogen-bond acceptors (Lipinski definition) is 9. The summed E-state index contributed by atoms with van der Waals surface area (Å²) >= 11 is 1.00. The molecule has 4 N–H and O–H groups in total. The van der Waals surface area contributed by atoms with Crippen LogP contribution in [0.25, 0.3) is 32.7 Å². The molecule has 234 valence electrons. The summed E-state index contributed by atoms with van der Waals surface area (Å²) in [5.41, 5.74) is -0.111. The van der Waals surface area contributed by atoms with E-state index in [0.29, 0.717) is 48.7 Å². The zero-order valence-corrected chi connectivity index (χ0v) is 25.8. The first kappa shape index (κ1) is 32.4. The van der Waals surface area contributed by atoms with Crippen LogP contribution >= 0.6 is 11.3 Å². The standard InChI is InChI=1S/C29H34F2N8O4S/c1-6-29(30,31)21-15-44-26(35-21)17-12-22(36-28(43)32-7-2)34-13-19(17)16-11-18-23(40)20(27(41)42)14-39(8-3)25(18)37-24(16)33-9-10-38(4)5/h11-15H,6-10H2,1-5H3,(H,33,37)(H,41,42)(H2,32,34,36,43). The quantitative estimate of drug-likeness (QED) is 0.171. The van der Waals surface area contributed by atoms with Gasteiger partial charge in [-0.25, -0.2) is 24.5 Å². The van der Waals surface area contributed by atoms with Crippen LogP contribution in [0.2, 0.25) is 0 Å². The SMILES string of the molecule is CCNC(=O)Nc1cc(-c2nc(C(F)(F)CC)cs2)c(-c2cc3c(=O)c(C(=O)O)cn(CC)c3nc2NCCN(C)C)cn1. The number of fused-ring (bicyclic) bond motifs is 1. The lowest BCUT2D eigenvalue weighted by Crippen LogP contribution is -2.28. The van der Waals surface area contributed by atoms with Gasteiger partial charge >= 0.3 is 12.0 Å². The summed E-state index contributed by atoms with van der Waals surface area (Å²) in [7, 11) is 3.82. The molecule has 4 aromatic heterocycles. The van der Waals surface area contributed by atoms with E-state index in [1.807, 2.05) is 19.0 Å². The molecule has 15 heteroatoms. The maximum atomic E-state index is 14.6. The molecule has 0 bridgehead atoms. The molecule has 0 aliphatic carbocycles. The molecule has 2 amide bonds. The summed E-state index contributed by atoms with van der Waals surface area (Å²) in [6, 6.07) is 2.55. The van der Waals surface area contributed by atoms with Gasteiger partial charge in [0.05, 0.1) is 5.39 Å². The lowest BCUT2D eigenvalue weighted by molar-refractivity contribution is -0.0121. The average molecular weight is 629 g/mol. The highest BCUT2D eigenvalue weighted by molar-refractivity contribution is 7.13. The summed E-state index contributed by atoms with van der Waals surface area (Å²) in [4.78, 5) is 52.9. The number of nitrogens with one attached hydrogen (secondary N) is 3. The number of rotatable bonds is 12. The minimum absolute atomic E-state index is 0.0627. The normalized spacial score (nSPS) is 11.6. The lowest BCUT2D eigenvalue weighted by Gasteiger charge is -2.18. The monoisotopic (exact) mass is 628 g/mol. The summed E-state index contributed by atoms with van der Waals surface area (Å²) in [6.45, 7) is 6.75. The number of halogens is 2. The van der Waals surface area contributed by atoms with Gasteiger partial charge in [0.25, 0.3) is 5.92 Å². The molecule has 0 unspecified atom stereocenters. The van der Waals surface area contributed by atoms with Crippen LogP contribution in [0.5, 0.6) is 0 Å². The first-order chi connectivity index (χ1) is 20.9. The summed E-state index contributed by atoms with van der Waals surface area (Å²) in [6.07, 6.45) is 2.27. The predicted octanol–water partition coefficient (Wildman–Crippen LogP) is 4.92. The molecule has 0 aromatic carbocycles. The third-order valence-corrected chi connectivity index (χ3v) is 7.67. The maximum Gasteiger partial charge on any atom is 0.341 e. The topological polar surface area (TPSA) is 154 Å². The van der Waals surface area contributed by atoms with Gasteiger partial charge in [-0.15, -0.1) is 11.3 Å². The second kappa shape index (κ2) is 13.4. The van der Waals surface area contributed by atoms with Crippen molar-refractivity contribution in [2.75, 3.05) is 44.4 Å². The van der Waals surface area contributed by atoms with E-state index in [0.717, 1.165) is 11.3 Å². The number of aryl methyl sites for hydroxylation is 1. The summed E-state index contributed by atoms with van der Waals surface area (Å²) in [5.74, 6) is -4.01. The van der Waals surface area contributed by atoms with Crippen molar-refractivity contribution >= 4 is 46.0 Å². The van der Waals surface area contributed by atoms with Crippen molar-refractivity contribution in [3.8, 4) is 21.7 Å². The van der Waals surface area contributed by atoms with Gasteiger partial charge in [-0.05, 0) is 40.1 Å². The number of urea groups is 1. The second-order valence-electron chi connectivity index (χ2n) is 10.1. The van der Waals surface area contributed by atoms with Crippen LogP contribution in [0.3, 0.4) is 0 Å². The number of nitrogens with zero attached hydrogens (tertiary/aromatic N) is 5. The van der Waals surface area contributed by atoms with E-state index in [2.05, 4.69) is 25.9 Å². The Morgan fingerprint density at radius 3 is 2.50 bits per heavy atom. The number of anilines is 2. The number of amides is 2. The number of carbonyl (C=O) groups excluding carboxylic acids is 1. The van der Waals surface area contributed by atoms with E-state index < -0.39 is 35.3 Å². The van der Waals surface area contributed by atoms with Crippen LogP contribution in [-0.2, 0) is 12.5 Å². The maximum absolute atomic E-state index is 14.6. The molecule has 44 heavy (non-hydrogen) atoms. The Balaban J connectivity index is 2.02. The Hall–Kier alpha value is -4.50. The van der Waals surface area contributed by atoms with Crippen LogP contribution in [0.4, 0.5) is 25.2 Å². The molecule has 4 rings (SSSR count). The Bertz CT molecular complexity index is 1760. The fourth-order valence-electron chi connectivity index (χ4n) is 4.42. The first-order valence-electron chi connectivity index (χ1n) is 14.0. The minimum Gasteiger partial charge on any atom is -0.477 e. The number of thiazole rings is 1. The number of carboxylic acids is 1. The van der Waals surface area contributed by atoms with Crippen LogP contribution in [0.15, 0.2) is 34.7 Å². The van der Waals surface area contributed by atoms with E-state index in [4.69, 9.17) is 4.98 Å². The Morgan fingerprint density at radius 2 is 1.86 bits per heavy atom. The summed E-state index contributed by atoms with van der Waals surface area (Å²) < 4.78 is 30.8. The number of aromatic carboxylic acids is 1. The van der Waals surface area contributed by atoms with Gasteiger partial charge in [0, 0.05) is 67.1 Å². The molecule has 0 saturated heterocycles. The van der Waals surface area contributed by atoms with E-state index in [9.17, 15) is 28.3 Å². The first-order valence-corrected chi connectivity index (χ1v) is 14.9. The molecule has 0 atom stereocenters. The van der Waals surface area contributed by atoms with Gasteiger partial charge in [-0.1, -0.05) is 6.92 Å². The van der Waals surface area contributed by atoms with Crippen molar-refractivity contribution in [2.24, 2.45) is 0 Å². The van der Waals surface area contributed by atoms with Crippen molar-refractivity contribution in [2.45, 2.75) is 39.7 Å². The minimum atomic E-state index is -3.15. The highest BCUT2D eigenvalue weighted by atomic mass is 32.1. The fourth-order valence-corrected chi connectivity index (χ4v) is 5.32. The third kappa shape index (κ3) is 6.83. The smallest absolute Gasteiger partial charge is 0.341 e. The number of pyridine rings is 3. The van der Waals surface area contributed by atoms with Crippen LogP contribution in [0, 0.1) is 0 Å². The van der Waals surface area contributed by atoms with Crippen molar-refractivity contribution in [3.05, 3.63) is 51.4 Å². The van der Waals surface area contributed by atoms with Gasteiger partial charge in [-0.3, -0.25) is 10.1 Å². The molecule has 0 aliphatic rings. The van der Waals surface area contributed by atoms with E-state index >= 15 is 0 Å². The molecular weight excluding hydrogens is 594 g/mol. The number of carboxylic acid groups (broad SMARTS) is 1. The second-order valence-corrected chi connectivity index (χ2v) is 11.0. The van der Waals surface area contributed by atoms with Gasteiger partial charge in [0.2, 0.25) is 5.43 Å². The lowest BCUT2D eigenvalue weighted by atomic mass is 10.0. The van der Waals surface area contributed by atoms with E-state index in [1.165, 1.54) is 36.8 Å². The number of alkyl halides is 2. The number of hydrogen-bond donors (Lipinski definition) is 4. The van der Waals surface area contributed by atoms with Gasteiger partial charge in [0.15, 0.2) is 0 Å². The predicted molar refractivity (Wildman–Crippen MR) is 167 cm³/mol. The van der Waals surface area contributed by atoms with Gasteiger partial charge < -0.3 is 25.2 Å². The molecule has 0 spiro atoms. The van der Waals surface area contributed by atoms with Crippen molar-refractivity contribution in [1.82, 2.24) is 29.7 Å². The number of aromatic nitrogens is 4. The molecule has 4 aromatic rings. The molecule has 0 radical (unpaired) electrons. The van der Waals surface area contributed by atoms with E-state index in [1.54, 1.807) is 18.4 Å². The molecule has 0 fully saturated rings. The number of carbonyl (C=O) groups is 2. The van der Waals surface area contributed by atoms with Crippen LogP contribution in [0.1, 0.15) is 43.2 Å². The number of likely N-dealkylation sites (N-methyl/N-ethyl adjacent to an activating group) is 1. The highest BCUT2D eigenvalue weighted by Gasteiger charge is 2.32. The van der Waals surface area contributed by atoms with Crippen molar-refractivity contribution in [3.63, 3.8) is 0 Å². The Labute approximate surface area is 256 Å². The molecule has 0 aliphatic heterocycles. The third-order valence-electron chi connectivity index (χ3n) is 6.80. The van der Waals surface area contributed by atoms with Crippen LogP contribution in [-0.4, -0.2) is 75.3 Å². The average Bonchev–Trinajstić information content (AvgIpc) is 3.48. The molecule has 0 saturated carbocycles. The zero-order chi connectivity index (χ0) is 32.2. The van der Waals surface area contributed by atoms with Crippen molar-refractivity contribution < 1.29 is 23.5 Å². The molecule has 4 heterocycles. The van der Waals surface area contributed by atoms with Crippen molar-refractivity contribution in [1.29, 1.82) is 0 Å². The Morgan fingerprint density at radius 1 is 1.11 bits per heavy atom. The highest BCUT2D eigenvalue weighted by Crippen LogP contribution is 2.41.